The Hall–Kier alpha value is -2.30. The number of hydrogen-bond acceptors (Lipinski definition) is 6. The van der Waals surface area contributed by atoms with E-state index < -0.39 is 0 Å². The highest BCUT2D eigenvalue weighted by atomic mass is 16.3. The molecule has 7 nitrogen and oxygen atoms in total. The predicted molar refractivity (Wildman–Crippen MR) is 79.3 cm³/mol. The molecule has 2 aliphatic heterocycles. The number of nitrogens with zero attached hydrogens (tertiary/aromatic N) is 2. The maximum atomic E-state index is 12.3. The minimum atomic E-state index is -0.347. The monoisotopic (exact) mass is 301 g/mol. The number of amides is 1. The number of nitrogens with one attached hydrogen (secondary N) is 3. The first-order valence-electron chi connectivity index (χ1n) is 7.41. The number of phenols is 1. The molecule has 0 aromatic heterocycles. The fourth-order valence-corrected chi connectivity index (χ4v) is 2.98. The van der Waals surface area contributed by atoms with Crippen LogP contribution in [0.4, 0.5) is 0 Å². The van der Waals surface area contributed by atoms with Crippen LogP contribution in [-0.2, 0) is 4.79 Å². The number of rotatable bonds is 3. The zero-order valence-electron chi connectivity index (χ0n) is 12.1. The molecule has 2 heterocycles. The lowest BCUT2D eigenvalue weighted by Gasteiger charge is -2.15. The molecule has 2 fully saturated rings. The average Bonchev–Trinajstić information content (AvgIpc) is 3.16. The lowest BCUT2D eigenvalue weighted by atomic mass is 10.0. The van der Waals surface area contributed by atoms with Crippen molar-refractivity contribution in [2.24, 2.45) is 0 Å². The van der Waals surface area contributed by atoms with Crippen molar-refractivity contribution in [2.45, 2.75) is 31.0 Å². The molecule has 0 radical (unpaired) electrons. The molecule has 116 valence electrons. The van der Waals surface area contributed by atoms with Gasteiger partial charge in [0.05, 0.1) is 6.04 Å². The number of aromatic hydroxyl groups is 1. The number of likely N-dealkylation sites (tertiary alicyclic amines) is 1. The largest absolute Gasteiger partial charge is 0.508 e. The van der Waals surface area contributed by atoms with Crippen LogP contribution in [0.5, 0.6) is 5.75 Å². The summed E-state index contributed by atoms with van der Waals surface area (Å²) in [6, 6.07) is 6.69. The van der Waals surface area contributed by atoms with Crippen molar-refractivity contribution in [1.82, 2.24) is 21.1 Å². The van der Waals surface area contributed by atoms with E-state index in [0.717, 1.165) is 12.0 Å². The molecule has 2 saturated heterocycles. The Kier molecular flexibility index (Phi) is 4.13. The van der Waals surface area contributed by atoms with Crippen LogP contribution >= 0.6 is 0 Å². The van der Waals surface area contributed by atoms with E-state index in [1.54, 1.807) is 17.0 Å². The van der Waals surface area contributed by atoms with E-state index in [1.807, 2.05) is 12.1 Å². The summed E-state index contributed by atoms with van der Waals surface area (Å²) in [7, 11) is 0. The molecule has 2 aliphatic rings. The van der Waals surface area contributed by atoms with Gasteiger partial charge in [-0.3, -0.25) is 4.79 Å². The number of hydrogen-bond donors (Lipinski definition) is 4. The molecule has 0 spiro atoms. The van der Waals surface area contributed by atoms with Gasteiger partial charge in [-0.25, -0.2) is 10.9 Å². The Morgan fingerprint density at radius 2 is 2.23 bits per heavy atom. The maximum Gasteiger partial charge on any atom is 0.238 e. The molecule has 7 heteroatoms. The molecular formula is C15H19N5O2. The molecule has 0 saturated carbocycles. The molecule has 3 rings (SSSR count). The maximum absolute atomic E-state index is 12.3. The molecule has 1 aromatic carbocycles. The fraction of sp³-hybridized carbons (Fsp3) is 0.467. The third kappa shape index (κ3) is 2.98. The van der Waals surface area contributed by atoms with E-state index in [1.165, 1.54) is 0 Å². The van der Waals surface area contributed by atoms with E-state index in [4.69, 9.17) is 5.26 Å². The lowest BCUT2D eigenvalue weighted by Crippen LogP contribution is -2.47. The van der Waals surface area contributed by atoms with Crippen molar-refractivity contribution < 1.29 is 9.90 Å². The summed E-state index contributed by atoms with van der Waals surface area (Å²) < 4.78 is 0. The number of benzene rings is 1. The van der Waals surface area contributed by atoms with Gasteiger partial charge in [-0.05, 0) is 18.9 Å². The molecular weight excluding hydrogens is 282 g/mol. The Balaban J connectivity index is 1.55. The van der Waals surface area contributed by atoms with Gasteiger partial charge in [0.2, 0.25) is 5.91 Å². The van der Waals surface area contributed by atoms with E-state index in [9.17, 15) is 9.90 Å². The second-order valence-corrected chi connectivity index (χ2v) is 5.73. The molecule has 3 atom stereocenters. The number of para-hydroxylation sites is 1. The SMILES string of the molecule is N#CN1CCC(NC(=O)C2CC(c3ccccc3O)NN2)C1. The van der Waals surface area contributed by atoms with Crippen LogP contribution in [-0.4, -0.2) is 41.1 Å². The van der Waals surface area contributed by atoms with Crippen LogP contribution < -0.4 is 16.2 Å². The van der Waals surface area contributed by atoms with E-state index in [2.05, 4.69) is 22.4 Å². The molecule has 4 N–H and O–H groups in total. The summed E-state index contributed by atoms with van der Waals surface area (Å²) >= 11 is 0. The van der Waals surface area contributed by atoms with Gasteiger partial charge < -0.3 is 15.3 Å². The van der Waals surface area contributed by atoms with Crippen molar-refractivity contribution in [3.8, 4) is 11.9 Å². The Morgan fingerprint density at radius 3 is 2.95 bits per heavy atom. The zero-order valence-corrected chi connectivity index (χ0v) is 12.1. The van der Waals surface area contributed by atoms with Gasteiger partial charge in [0.1, 0.15) is 11.8 Å². The number of nitriles is 1. The van der Waals surface area contributed by atoms with E-state index >= 15 is 0 Å². The summed E-state index contributed by atoms with van der Waals surface area (Å²) in [5.41, 5.74) is 6.81. The van der Waals surface area contributed by atoms with Crippen LogP contribution in [0.2, 0.25) is 0 Å². The highest BCUT2D eigenvalue weighted by Crippen LogP contribution is 2.29. The highest BCUT2D eigenvalue weighted by molar-refractivity contribution is 5.82. The standard InChI is InChI=1S/C15H19N5O2/c16-9-20-6-5-10(8-20)17-15(22)13-7-12(18-19-13)11-3-1-2-4-14(11)21/h1-4,10,12-13,18-19,21H,5-8H2,(H,17,22). The first kappa shape index (κ1) is 14.6. The van der Waals surface area contributed by atoms with Gasteiger partial charge >= 0.3 is 0 Å². The minimum absolute atomic E-state index is 0.0260. The van der Waals surface area contributed by atoms with Gasteiger partial charge in [-0.1, -0.05) is 18.2 Å². The summed E-state index contributed by atoms with van der Waals surface area (Å²) in [6.45, 7) is 1.27. The summed E-state index contributed by atoms with van der Waals surface area (Å²) in [5, 5.41) is 21.7. The second-order valence-electron chi connectivity index (χ2n) is 5.73. The number of phenolic OH excluding ortho intramolecular Hbond substituents is 1. The van der Waals surface area contributed by atoms with Crippen LogP contribution in [0.15, 0.2) is 24.3 Å². The van der Waals surface area contributed by atoms with E-state index in [-0.39, 0.29) is 29.8 Å². The van der Waals surface area contributed by atoms with Crippen LogP contribution in [0.25, 0.3) is 0 Å². The van der Waals surface area contributed by atoms with Crippen molar-refractivity contribution in [2.75, 3.05) is 13.1 Å². The first-order chi connectivity index (χ1) is 10.7. The van der Waals surface area contributed by atoms with Crippen molar-refractivity contribution in [1.29, 1.82) is 5.26 Å². The topological polar surface area (TPSA) is 100 Å². The summed E-state index contributed by atoms with van der Waals surface area (Å²) in [4.78, 5) is 13.9. The molecule has 22 heavy (non-hydrogen) atoms. The van der Waals surface area contributed by atoms with Crippen LogP contribution in [0, 0.1) is 11.5 Å². The summed E-state index contributed by atoms with van der Waals surface area (Å²) in [5.74, 6) is 0.151. The molecule has 3 unspecified atom stereocenters. The Bertz CT molecular complexity index is 600. The highest BCUT2D eigenvalue weighted by Gasteiger charge is 2.33. The third-order valence-corrected chi connectivity index (χ3v) is 4.21. The average molecular weight is 301 g/mol. The first-order valence-corrected chi connectivity index (χ1v) is 7.41. The summed E-state index contributed by atoms with van der Waals surface area (Å²) in [6.07, 6.45) is 3.46. The lowest BCUT2D eigenvalue weighted by molar-refractivity contribution is -0.123. The van der Waals surface area contributed by atoms with E-state index in [0.29, 0.717) is 19.5 Å². The Labute approximate surface area is 128 Å². The quantitative estimate of drug-likeness (QED) is 0.585. The van der Waals surface area contributed by atoms with Crippen molar-refractivity contribution in [3.63, 3.8) is 0 Å². The van der Waals surface area contributed by atoms with Crippen LogP contribution in [0.1, 0.15) is 24.4 Å². The number of carbonyl (C=O) groups excluding carboxylic acids is 1. The fourth-order valence-electron chi connectivity index (χ4n) is 2.98. The zero-order chi connectivity index (χ0) is 15.5. The minimum Gasteiger partial charge on any atom is -0.508 e. The predicted octanol–water partition coefficient (Wildman–Crippen LogP) is -0.0286. The second kappa shape index (κ2) is 6.22. The normalized spacial score (nSPS) is 27.6. The van der Waals surface area contributed by atoms with Crippen molar-refractivity contribution >= 4 is 5.91 Å². The van der Waals surface area contributed by atoms with Crippen molar-refractivity contribution in [3.05, 3.63) is 29.8 Å². The van der Waals surface area contributed by atoms with Gasteiger partial charge in [0.15, 0.2) is 6.19 Å². The third-order valence-electron chi connectivity index (χ3n) is 4.21. The Morgan fingerprint density at radius 1 is 1.41 bits per heavy atom. The molecule has 1 amide bonds. The smallest absolute Gasteiger partial charge is 0.238 e. The number of carbonyl (C=O) groups is 1. The number of hydrazine groups is 1. The van der Waals surface area contributed by atoms with Gasteiger partial charge in [0.25, 0.3) is 0 Å². The van der Waals surface area contributed by atoms with Crippen LogP contribution in [0.3, 0.4) is 0 Å². The molecule has 1 aromatic rings. The molecule has 0 bridgehead atoms. The van der Waals surface area contributed by atoms with Gasteiger partial charge in [-0.15, -0.1) is 0 Å². The molecule has 0 aliphatic carbocycles. The van der Waals surface area contributed by atoms with Gasteiger partial charge in [-0.2, -0.15) is 5.26 Å². The van der Waals surface area contributed by atoms with Gasteiger partial charge in [0, 0.05) is 24.7 Å².